The van der Waals surface area contributed by atoms with E-state index in [0.29, 0.717) is 49.7 Å². The number of hydrogen-bond donors (Lipinski definition) is 1. The fourth-order valence-corrected chi connectivity index (χ4v) is 9.01. The zero-order chi connectivity index (χ0) is 35.7. The Morgan fingerprint density at radius 1 is 1.02 bits per heavy atom. The molecule has 2 saturated carbocycles. The minimum atomic E-state index is -1.06. The first-order valence-corrected chi connectivity index (χ1v) is 18.4. The number of benzene rings is 1. The van der Waals surface area contributed by atoms with Gasteiger partial charge in [0.25, 0.3) is 5.91 Å². The third kappa shape index (κ3) is 6.89. The minimum Gasteiger partial charge on any atom is -0.618 e. The summed E-state index contributed by atoms with van der Waals surface area (Å²) in [4.78, 5) is 46.1. The summed E-state index contributed by atoms with van der Waals surface area (Å²) < 4.78 is 1.84. The lowest BCUT2D eigenvalue weighted by atomic mass is 9.69. The molecule has 2 saturated heterocycles. The molecule has 4 aliphatic rings. The van der Waals surface area contributed by atoms with Crippen LogP contribution in [-0.2, 0) is 14.4 Å². The topological polar surface area (TPSA) is 126 Å². The van der Waals surface area contributed by atoms with Crippen molar-refractivity contribution in [2.45, 2.75) is 92.0 Å². The van der Waals surface area contributed by atoms with Crippen LogP contribution in [0.5, 0.6) is 0 Å². The maximum atomic E-state index is 13.3. The van der Waals surface area contributed by atoms with Crippen molar-refractivity contribution in [3.63, 3.8) is 0 Å². The van der Waals surface area contributed by atoms with Crippen LogP contribution in [0.2, 0.25) is 0 Å². The zero-order valence-electron chi connectivity index (χ0n) is 29.8. The average molecular weight is 740 g/mol. The normalized spacial score (nSPS) is 25.1. The number of pyridine rings is 1. The van der Waals surface area contributed by atoms with Gasteiger partial charge in [-0.3, -0.25) is 19.3 Å². The Morgan fingerprint density at radius 3 is 2.16 bits per heavy atom. The molecule has 2 atom stereocenters. The number of likely N-dealkylation sites (tertiary alicyclic amines) is 2. The molecule has 0 radical (unpaired) electrons. The molecule has 11 heteroatoms. The molecule has 266 valence electrons. The molecule has 2 aliphatic carbocycles. The number of ketones is 1. The number of aromatic nitrogens is 1. The highest BCUT2D eigenvalue weighted by atomic mass is 79.9. The maximum Gasteiger partial charge on any atom is 0.317 e. The molecule has 3 heterocycles. The molecule has 10 nitrogen and oxygen atoms in total. The van der Waals surface area contributed by atoms with Gasteiger partial charge in [-0.1, -0.05) is 47.1 Å². The first kappa shape index (κ1) is 37.0. The number of piperidine rings is 2. The number of halogens is 1. The molecular weight excluding hydrogens is 688 g/mol. The number of carboxylic acids is 1. The zero-order valence-corrected chi connectivity index (χ0v) is 31.3. The summed E-state index contributed by atoms with van der Waals surface area (Å²) in [5.74, 6) is -0.343. The molecule has 1 aromatic carbocycles. The molecular formula is C38H51BrN4O6. The monoisotopic (exact) mass is 738 g/mol. The molecule has 2 aromatic rings. The van der Waals surface area contributed by atoms with E-state index in [-0.39, 0.29) is 28.6 Å². The van der Waals surface area contributed by atoms with E-state index < -0.39 is 11.4 Å². The van der Waals surface area contributed by atoms with Gasteiger partial charge in [-0.15, -0.1) is 0 Å². The van der Waals surface area contributed by atoms with E-state index in [2.05, 4.69) is 57.2 Å². The van der Waals surface area contributed by atoms with Gasteiger partial charge in [-0.05, 0) is 107 Å². The number of rotatable bonds is 7. The van der Waals surface area contributed by atoms with Crippen LogP contribution in [0.25, 0.3) is 0 Å². The van der Waals surface area contributed by atoms with Gasteiger partial charge in [0.05, 0.1) is 5.71 Å². The van der Waals surface area contributed by atoms with Crippen molar-refractivity contribution in [1.29, 1.82) is 0 Å². The number of aryl methyl sites for hydroxylation is 1. The number of carboxylic acid groups (broad SMARTS) is 1. The summed E-state index contributed by atoms with van der Waals surface area (Å²) in [5.41, 5.74) is 2.71. The van der Waals surface area contributed by atoms with Crippen molar-refractivity contribution >= 4 is 39.3 Å². The van der Waals surface area contributed by atoms with Crippen LogP contribution in [0.3, 0.4) is 0 Å². The van der Waals surface area contributed by atoms with Gasteiger partial charge < -0.3 is 20.1 Å². The highest BCUT2D eigenvalue weighted by Crippen LogP contribution is 2.63. The van der Waals surface area contributed by atoms with E-state index in [1.165, 1.54) is 6.20 Å². The number of amides is 1. The smallest absolute Gasteiger partial charge is 0.317 e. The number of carbonyl (C=O) groups is 3. The second-order valence-corrected chi connectivity index (χ2v) is 15.9. The quantitative estimate of drug-likeness (QED) is 0.116. The summed E-state index contributed by atoms with van der Waals surface area (Å²) >= 11 is 3.52. The summed E-state index contributed by atoms with van der Waals surface area (Å²) in [6.07, 6.45) is 7.30. The van der Waals surface area contributed by atoms with Crippen LogP contribution in [0.4, 0.5) is 0 Å². The first-order valence-electron chi connectivity index (χ1n) is 17.6. The predicted octanol–water partition coefficient (Wildman–Crippen LogP) is 6.31. The summed E-state index contributed by atoms with van der Waals surface area (Å²) in [7, 11) is 0. The Hall–Kier alpha value is -3.31. The largest absolute Gasteiger partial charge is 0.618 e. The SMILES string of the molecule is CC1(C)C2CCC1(C(=O)O)C(=O)C2.CCO/N=C(/c1ccc(Br)cc1)C1CCN(C2(C)CCN(C(=O)c3c(C)cc[n+]([O-])c3C)CC2)CC1. The van der Waals surface area contributed by atoms with Gasteiger partial charge in [0, 0.05) is 48.4 Å². The fourth-order valence-electron chi connectivity index (χ4n) is 8.75. The Labute approximate surface area is 298 Å². The third-order valence-electron chi connectivity index (χ3n) is 12.2. The molecule has 2 bridgehead atoms. The van der Waals surface area contributed by atoms with Crippen molar-refractivity contribution < 1.29 is 29.1 Å². The molecule has 0 spiro atoms. The third-order valence-corrected chi connectivity index (χ3v) is 12.8. The Balaban J connectivity index is 0.000000299. The van der Waals surface area contributed by atoms with Gasteiger partial charge in [0.15, 0.2) is 12.0 Å². The molecule has 1 amide bonds. The molecule has 6 rings (SSSR count). The molecule has 4 fully saturated rings. The van der Waals surface area contributed by atoms with E-state index in [0.717, 1.165) is 71.2 Å². The molecule has 49 heavy (non-hydrogen) atoms. The number of hydrogen-bond acceptors (Lipinski definition) is 7. The molecule has 2 unspecified atom stereocenters. The van der Waals surface area contributed by atoms with Crippen LogP contribution in [0.1, 0.15) is 99.8 Å². The van der Waals surface area contributed by atoms with E-state index in [1.807, 2.05) is 32.6 Å². The van der Waals surface area contributed by atoms with E-state index >= 15 is 0 Å². The van der Waals surface area contributed by atoms with Crippen LogP contribution >= 0.6 is 15.9 Å². The maximum absolute atomic E-state index is 13.3. The number of nitrogens with zero attached hydrogens (tertiary/aromatic N) is 4. The van der Waals surface area contributed by atoms with Crippen molar-refractivity contribution in [3.05, 3.63) is 68.6 Å². The van der Waals surface area contributed by atoms with Gasteiger partial charge in [-0.2, -0.15) is 4.73 Å². The first-order chi connectivity index (χ1) is 23.2. The predicted molar refractivity (Wildman–Crippen MR) is 191 cm³/mol. The summed E-state index contributed by atoms with van der Waals surface area (Å²) in [5, 5.41) is 25.7. The van der Waals surface area contributed by atoms with Gasteiger partial charge in [-0.25, -0.2) is 0 Å². The molecule has 1 N–H and O–H groups in total. The number of fused-ring (bicyclic) bond motifs is 2. The minimum absolute atomic E-state index is 0.0257. The highest BCUT2D eigenvalue weighted by molar-refractivity contribution is 9.10. The lowest BCUT2D eigenvalue weighted by molar-refractivity contribution is -0.612. The van der Waals surface area contributed by atoms with Crippen LogP contribution in [0.15, 0.2) is 46.2 Å². The second kappa shape index (κ2) is 14.5. The Morgan fingerprint density at radius 2 is 1.65 bits per heavy atom. The van der Waals surface area contributed by atoms with Crippen molar-refractivity contribution in [1.82, 2.24) is 9.80 Å². The summed E-state index contributed by atoms with van der Waals surface area (Å²) in [6.45, 7) is 15.7. The highest BCUT2D eigenvalue weighted by Gasteiger charge is 2.68. The van der Waals surface area contributed by atoms with Gasteiger partial charge in [0.1, 0.15) is 17.6 Å². The van der Waals surface area contributed by atoms with Crippen molar-refractivity contribution in [2.24, 2.45) is 27.8 Å². The van der Waals surface area contributed by atoms with Gasteiger partial charge >= 0.3 is 5.97 Å². The summed E-state index contributed by atoms with van der Waals surface area (Å²) in [6, 6.07) is 10.0. The van der Waals surface area contributed by atoms with Crippen molar-refractivity contribution in [3.8, 4) is 0 Å². The van der Waals surface area contributed by atoms with Gasteiger partial charge in [0.2, 0.25) is 5.69 Å². The molecule has 1 aromatic heterocycles. The van der Waals surface area contributed by atoms with Crippen LogP contribution in [0, 0.1) is 41.7 Å². The lowest BCUT2D eigenvalue weighted by Gasteiger charge is -2.49. The van der Waals surface area contributed by atoms with Crippen LogP contribution < -0.4 is 4.73 Å². The fraction of sp³-hybridized carbons (Fsp3) is 0.605. The number of oxime groups is 1. The Kier molecular flexibility index (Phi) is 10.9. The number of carbonyl (C=O) groups excluding carboxylic acids is 2. The molecule has 2 aliphatic heterocycles. The standard InChI is InChI=1S/C28H37BrN4O3.C10H14O3/c1-5-36-30-26(22-6-8-24(29)9-7-22)23-11-15-32(16-12-23)28(4)13-18-31(19-14-28)27(34)25-20(2)10-17-33(35)21(25)3;1-9(2)6-3-4-10(9,8(12)13)7(11)5-6/h6-10,17,23H,5,11-16,18-19H2,1-4H3;6H,3-5H2,1-2H3,(H,12,13)/b30-26-;. The number of aliphatic carboxylic acids is 1. The second-order valence-electron chi connectivity index (χ2n) is 15.0. The van der Waals surface area contributed by atoms with E-state index in [4.69, 9.17) is 4.84 Å². The average Bonchev–Trinajstić information content (AvgIpc) is 3.45. The van der Waals surface area contributed by atoms with E-state index in [1.54, 1.807) is 13.0 Å². The lowest BCUT2D eigenvalue weighted by Crippen LogP contribution is -2.57. The van der Waals surface area contributed by atoms with Crippen LogP contribution in [-0.4, -0.2) is 76.6 Å². The van der Waals surface area contributed by atoms with E-state index in [9.17, 15) is 24.7 Å². The Bertz CT molecular complexity index is 1590. The number of Topliss-reactive ketones (excluding diaryl/α,β-unsaturated/α-hetero) is 1. The van der Waals surface area contributed by atoms with Crippen molar-refractivity contribution in [2.75, 3.05) is 32.8 Å².